The van der Waals surface area contributed by atoms with Crippen molar-refractivity contribution in [1.29, 1.82) is 5.26 Å². The summed E-state index contributed by atoms with van der Waals surface area (Å²) in [4.78, 5) is 21.5. The SMILES string of the molecule is Cc1cc(C#N)cc(C)c1-c1cc(F)c(F)c(C(CC=O)NC=O)c1. The zero-order valence-corrected chi connectivity index (χ0v) is 13.8. The Balaban J connectivity index is 2.67. The lowest BCUT2D eigenvalue weighted by Gasteiger charge is -2.18. The Morgan fingerprint density at radius 2 is 1.80 bits per heavy atom. The summed E-state index contributed by atoms with van der Waals surface area (Å²) in [6.07, 6.45) is 0.698. The number of halogens is 2. The lowest BCUT2D eigenvalue weighted by atomic mass is 9.91. The number of nitriles is 1. The zero-order chi connectivity index (χ0) is 18.6. The molecular formula is C19H16F2N2O2. The fourth-order valence-electron chi connectivity index (χ4n) is 2.95. The van der Waals surface area contributed by atoms with Crippen LogP contribution in [0.25, 0.3) is 11.1 Å². The Morgan fingerprint density at radius 3 is 2.32 bits per heavy atom. The monoisotopic (exact) mass is 342 g/mol. The molecule has 0 fully saturated rings. The normalized spacial score (nSPS) is 11.5. The zero-order valence-electron chi connectivity index (χ0n) is 13.8. The highest BCUT2D eigenvalue weighted by Gasteiger charge is 2.21. The van der Waals surface area contributed by atoms with Crippen LogP contribution in [0.4, 0.5) is 8.78 Å². The maximum Gasteiger partial charge on any atom is 0.207 e. The molecule has 1 N–H and O–H groups in total. The molecule has 0 aliphatic heterocycles. The molecule has 1 amide bonds. The summed E-state index contributed by atoms with van der Waals surface area (Å²) in [5.74, 6) is -2.17. The number of benzene rings is 2. The Bertz CT molecular complexity index is 839. The Hall–Kier alpha value is -3.07. The quantitative estimate of drug-likeness (QED) is 0.817. The topological polar surface area (TPSA) is 70.0 Å². The van der Waals surface area contributed by atoms with Gasteiger partial charge in [0, 0.05) is 12.0 Å². The van der Waals surface area contributed by atoms with E-state index < -0.39 is 17.7 Å². The molecule has 2 rings (SSSR count). The predicted molar refractivity (Wildman–Crippen MR) is 88.6 cm³/mol. The molecule has 0 heterocycles. The van der Waals surface area contributed by atoms with Gasteiger partial charge in [0.15, 0.2) is 11.6 Å². The molecule has 2 aromatic rings. The Morgan fingerprint density at radius 1 is 1.16 bits per heavy atom. The van der Waals surface area contributed by atoms with Crippen molar-refractivity contribution in [3.63, 3.8) is 0 Å². The number of nitrogens with zero attached hydrogens (tertiary/aromatic N) is 1. The standard InChI is InChI=1S/C19H16F2N2O2/c1-11-5-13(9-22)6-12(2)18(11)14-7-15(19(21)16(20)8-14)17(3-4-24)23-10-25/h4-8,10,17H,3H2,1-2H3,(H,23,25). The highest BCUT2D eigenvalue weighted by Crippen LogP contribution is 2.33. The third-order valence-electron chi connectivity index (χ3n) is 3.98. The fourth-order valence-corrected chi connectivity index (χ4v) is 2.95. The maximum absolute atomic E-state index is 14.2. The minimum atomic E-state index is -1.10. The number of nitrogens with one attached hydrogen (secondary N) is 1. The smallest absolute Gasteiger partial charge is 0.207 e. The molecule has 128 valence electrons. The van der Waals surface area contributed by atoms with Crippen molar-refractivity contribution < 1.29 is 18.4 Å². The summed E-state index contributed by atoms with van der Waals surface area (Å²) in [5, 5.41) is 11.4. The lowest BCUT2D eigenvalue weighted by Crippen LogP contribution is -2.21. The van der Waals surface area contributed by atoms with E-state index in [2.05, 4.69) is 5.32 Å². The minimum absolute atomic E-state index is 0.0997. The third kappa shape index (κ3) is 3.72. The van der Waals surface area contributed by atoms with Crippen molar-refractivity contribution in [2.75, 3.05) is 0 Å². The first-order valence-electron chi connectivity index (χ1n) is 7.56. The van der Waals surface area contributed by atoms with Gasteiger partial charge in [-0.15, -0.1) is 0 Å². The second-order valence-corrected chi connectivity index (χ2v) is 5.70. The van der Waals surface area contributed by atoms with Crippen LogP contribution in [0.1, 0.15) is 34.7 Å². The van der Waals surface area contributed by atoms with Gasteiger partial charge in [0.25, 0.3) is 0 Å². The van der Waals surface area contributed by atoms with Gasteiger partial charge in [0.1, 0.15) is 6.29 Å². The van der Waals surface area contributed by atoms with E-state index in [1.54, 1.807) is 26.0 Å². The highest BCUT2D eigenvalue weighted by atomic mass is 19.2. The fraction of sp³-hybridized carbons (Fsp3) is 0.211. The summed E-state index contributed by atoms with van der Waals surface area (Å²) < 4.78 is 28.4. The number of aryl methyl sites for hydroxylation is 2. The summed E-state index contributed by atoms with van der Waals surface area (Å²) in [6.45, 7) is 3.55. The largest absolute Gasteiger partial charge is 0.351 e. The number of hydrogen-bond donors (Lipinski definition) is 1. The number of carbonyl (C=O) groups excluding carboxylic acids is 2. The van der Waals surface area contributed by atoms with Crippen LogP contribution in [0.2, 0.25) is 0 Å². The predicted octanol–water partition coefficient (Wildman–Crippen LogP) is 3.50. The number of rotatable bonds is 6. The van der Waals surface area contributed by atoms with Crippen LogP contribution in [-0.4, -0.2) is 12.7 Å². The molecule has 25 heavy (non-hydrogen) atoms. The summed E-state index contributed by atoms with van der Waals surface area (Å²) in [5.41, 5.74) is 2.94. The lowest BCUT2D eigenvalue weighted by molar-refractivity contribution is -0.111. The van der Waals surface area contributed by atoms with Crippen LogP contribution >= 0.6 is 0 Å². The average molecular weight is 342 g/mol. The van der Waals surface area contributed by atoms with Gasteiger partial charge >= 0.3 is 0 Å². The molecule has 0 aliphatic carbocycles. The average Bonchev–Trinajstić information content (AvgIpc) is 2.57. The van der Waals surface area contributed by atoms with Crippen LogP contribution in [0, 0.1) is 36.8 Å². The molecule has 0 spiro atoms. The van der Waals surface area contributed by atoms with E-state index in [9.17, 15) is 18.4 Å². The van der Waals surface area contributed by atoms with Crippen molar-refractivity contribution in [2.24, 2.45) is 0 Å². The van der Waals surface area contributed by atoms with Gasteiger partial charge in [-0.1, -0.05) is 0 Å². The van der Waals surface area contributed by atoms with E-state index >= 15 is 0 Å². The molecule has 0 aliphatic rings. The molecule has 1 atom stereocenters. The first-order chi connectivity index (χ1) is 11.9. The van der Waals surface area contributed by atoms with Gasteiger partial charge in [-0.25, -0.2) is 8.78 Å². The van der Waals surface area contributed by atoms with Crippen LogP contribution < -0.4 is 5.32 Å². The molecular weight excluding hydrogens is 326 g/mol. The van der Waals surface area contributed by atoms with Crippen molar-refractivity contribution in [1.82, 2.24) is 5.32 Å². The minimum Gasteiger partial charge on any atom is -0.351 e. The van der Waals surface area contributed by atoms with E-state index in [0.29, 0.717) is 29.4 Å². The van der Waals surface area contributed by atoms with Crippen molar-refractivity contribution in [3.8, 4) is 17.2 Å². The number of aldehydes is 1. The van der Waals surface area contributed by atoms with E-state index in [-0.39, 0.29) is 12.0 Å². The molecule has 0 bridgehead atoms. The van der Waals surface area contributed by atoms with Crippen molar-refractivity contribution in [3.05, 3.63) is 58.2 Å². The first-order valence-corrected chi connectivity index (χ1v) is 7.56. The number of amides is 1. The molecule has 0 radical (unpaired) electrons. The molecule has 0 aromatic heterocycles. The number of hydrogen-bond acceptors (Lipinski definition) is 3. The molecule has 2 aromatic carbocycles. The molecule has 4 nitrogen and oxygen atoms in total. The number of carbonyl (C=O) groups is 2. The van der Waals surface area contributed by atoms with Crippen LogP contribution in [0.15, 0.2) is 24.3 Å². The van der Waals surface area contributed by atoms with E-state index in [1.165, 1.54) is 6.07 Å². The van der Waals surface area contributed by atoms with E-state index in [4.69, 9.17) is 5.26 Å². The van der Waals surface area contributed by atoms with Gasteiger partial charge in [0.05, 0.1) is 17.7 Å². The van der Waals surface area contributed by atoms with Gasteiger partial charge in [0.2, 0.25) is 6.41 Å². The highest BCUT2D eigenvalue weighted by molar-refractivity contribution is 5.73. The summed E-state index contributed by atoms with van der Waals surface area (Å²) in [7, 11) is 0. The maximum atomic E-state index is 14.2. The molecule has 6 heteroatoms. The van der Waals surface area contributed by atoms with E-state index in [1.807, 2.05) is 6.07 Å². The van der Waals surface area contributed by atoms with Crippen molar-refractivity contribution in [2.45, 2.75) is 26.3 Å². The Kier molecular flexibility index (Phi) is 5.60. The Labute approximate surface area is 144 Å². The first kappa shape index (κ1) is 18.3. The summed E-state index contributed by atoms with van der Waals surface area (Å²) >= 11 is 0. The van der Waals surface area contributed by atoms with Gasteiger partial charge in [-0.3, -0.25) is 4.79 Å². The van der Waals surface area contributed by atoms with Crippen LogP contribution in [0.5, 0.6) is 0 Å². The second-order valence-electron chi connectivity index (χ2n) is 5.70. The summed E-state index contributed by atoms with van der Waals surface area (Å²) in [6, 6.07) is 6.91. The van der Waals surface area contributed by atoms with Crippen LogP contribution in [0.3, 0.4) is 0 Å². The second kappa shape index (κ2) is 7.67. The molecule has 1 unspecified atom stereocenters. The van der Waals surface area contributed by atoms with Crippen molar-refractivity contribution >= 4 is 12.7 Å². The van der Waals surface area contributed by atoms with Gasteiger partial charge < -0.3 is 10.1 Å². The third-order valence-corrected chi connectivity index (χ3v) is 3.98. The van der Waals surface area contributed by atoms with E-state index in [0.717, 1.165) is 17.2 Å². The van der Waals surface area contributed by atoms with Gasteiger partial charge in [-0.2, -0.15) is 5.26 Å². The molecule has 0 saturated heterocycles. The molecule has 0 saturated carbocycles. The van der Waals surface area contributed by atoms with Gasteiger partial charge in [-0.05, 0) is 60.4 Å². The van der Waals surface area contributed by atoms with Crippen LogP contribution in [-0.2, 0) is 9.59 Å².